The van der Waals surface area contributed by atoms with Crippen LogP contribution >= 0.6 is 0 Å². The minimum absolute atomic E-state index is 0.251. The molecule has 0 spiro atoms. The minimum atomic E-state index is 0.251. The number of hydrogen-bond donors (Lipinski definition) is 1. The van der Waals surface area contributed by atoms with Gasteiger partial charge in [-0.05, 0) is 24.8 Å². The van der Waals surface area contributed by atoms with Gasteiger partial charge in [-0.25, -0.2) is 0 Å². The average Bonchev–Trinajstić information content (AvgIpc) is 2.75. The molecule has 2 N–H and O–H groups in total. The van der Waals surface area contributed by atoms with Gasteiger partial charge < -0.3 is 5.73 Å². The van der Waals surface area contributed by atoms with E-state index < -0.39 is 0 Å². The molecule has 0 aliphatic heterocycles. The number of nitrogens with zero attached hydrogens (tertiary/aromatic N) is 2. The highest BCUT2D eigenvalue weighted by Crippen LogP contribution is 2.27. The zero-order valence-corrected chi connectivity index (χ0v) is 13.1. The number of aryl methyl sites for hydroxylation is 1. The van der Waals surface area contributed by atoms with Crippen LogP contribution in [-0.4, -0.2) is 15.8 Å². The first-order valence-corrected chi connectivity index (χ1v) is 8.42. The van der Waals surface area contributed by atoms with E-state index in [1.807, 2.05) is 11.7 Å². The lowest BCUT2D eigenvalue weighted by Crippen LogP contribution is -2.33. The van der Waals surface area contributed by atoms with Crippen LogP contribution in [0.4, 0.5) is 0 Å². The lowest BCUT2D eigenvalue weighted by Gasteiger charge is -2.25. The van der Waals surface area contributed by atoms with Crippen molar-refractivity contribution in [3.8, 4) is 0 Å². The second kappa shape index (κ2) is 6.61. The Balaban J connectivity index is 1.74. The molecule has 3 nitrogen and oxygen atoms in total. The summed E-state index contributed by atoms with van der Waals surface area (Å²) in [7, 11) is 2.02. The van der Waals surface area contributed by atoms with Gasteiger partial charge in [0.05, 0.1) is 11.2 Å². The Morgan fingerprint density at radius 3 is 2.57 bits per heavy atom. The lowest BCUT2D eigenvalue weighted by molar-refractivity contribution is 0.321. The fraction of sp³-hybridized carbons (Fsp3) is 0.611. The normalized spacial score (nSPS) is 19.3. The van der Waals surface area contributed by atoms with Crippen LogP contribution in [0.2, 0.25) is 0 Å². The first-order chi connectivity index (χ1) is 10.3. The van der Waals surface area contributed by atoms with Crippen LogP contribution in [0.25, 0.3) is 10.9 Å². The van der Waals surface area contributed by atoms with Gasteiger partial charge in [0, 0.05) is 24.9 Å². The van der Waals surface area contributed by atoms with Crippen molar-refractivity contribution in [3.63, 3.8) is 0 Å². The molecule has 1 atom stereocenters. The standard InChI is InChI=1S/C18H27N3/c1-21-18-12-8-7-11-15(18)17(20-21)13-16(19)14-9-5-3-2-4-6-10-14/h7-8,11-12,14,16H,2-6,9-10,13,19H2,1H3. The molecule has 1 heterocycles. The maximum Gasteiger partial charge on any atom is 0.0718 e. The van der Waals surface area contributed by atoms with Crippen LogP contribution in [-0.2, 0) is 13.5 Å². The van der Waals surface area contributed by atoms with E-state index in [4.69, 9.17) is 10.8 Å². The molecule has 2 aromatic rings. The maximum absolute atomic E-state index is 6.55. The number of fused-ring (bicyclic) bond motifs is 1. The third kappa shape index (κ3) is 3.29. The van der Waals surface area contributed by atoms with Crippen molar-refractivity contribution >= 4 is 10.9 Å². The molecule has 1 aliphatic rings. The van der Waals surface area contributed by atoms with E-state index in [1.54, 1.807) is 0 Å². The topological polar surface area (TPSA) is 43.8 Å². The van der Waals surface area contributed by atoms with Crippen molar-refractivity contribution in [2.75, 3.05) is 0 Å². The lowest BCUT2D eigenvalue weighted by atomic mass is 9.84. The van der Waals surface area contributed by atoms with Crippen molar-refractivity contribution in [3.05, 3.63) is 30.0 Å². The van der Waals surface area contributed by atoms with E-state index in [-0.39, 0.29) is 6.04 Å². The van der Waals surface area contributed by atoms with Gasteiger partial charge in [0.2, 0.25) is 0 Å². The number of rotatable bonds is 3. The summed E-state index contributed by atoms with van der Waals surface area (Å²) in [5.41, 5.74) is 8.93. The Kier molecular flexibility index (Phi) is 4.59. The van der Waals surface area contributed by atoms with Gasteiger partial charge in [-0.1, -0.05) is 50.3 Å². The molecule has 1 aromatic heterocycles. The van der Waals surface area contributed by atoms with Crippen LogP contribution < -0.4 is 5.73 Å². The summed E-state index contributed by atoms with van der Waals surface area (Å²) < 4.78 is 1.98. The quantitative estimate of drug-likeness (QED) is 0.932. The molecule has 1 aliphatic carbocycles. The Labute approximate surface area is 127 Å². The smallest absolute Gasteiger partial charge is 0.0718 e. The number of hydrogen-bond acceptors (Lipinski definition) is 2. The molecule has 0 radical (unpaired) electrons. The molecular formula is C18H27N3. The minimum Gasteiger partial charge on any atom is -0.327 e. The van der Waals surface area contributed by atoms with Gasteiger partial charge in [-0.3, -0.25) is 4.68 Å². The zero-order chi connectivity index (χ0) is 14.7. The van der Waals surface area contributed by atoms with Crippen LogP contribution in [0.3, 0.4) is 0 Å². The average molecular weight is 285 g/mol. The summed E-state index contributed by atoms with van der Waals surface area (Å²) in [4.78, 5) is 0. The van der Waals surface area contributed by atoms with Crippen molar-refractivity contribution in [1.29, 1.82) is 0 Å². The van der Waals surface area contributed by atoms with Crippen molar-refractivity contribution in [2.45, 2.75) is 57.4 Å². The summed E-state index contributed by atoms with van der Waals surface area (Å²) in [5.74, 6) is 0.672. The van der Waals surface area contributed by atoms with Crippen LogP contribution in [0.15, 0.2) is 24.3 Å². The van der Waals surface area contributed by atoms with E-state index in [0.717, 1.165) is 6.42 Å². The van der Waals surface area contributed by atoms with Crippen LogP contribution in [0.1, 0.15) is 50.6 Å². The molecule has 114 valence electrons. The molecule has 3 rings (SSSR count). The fourth-order valence-corrected chi connectivity index (χ4v) is 3.75. The first-order valence-electron chi connectivity index (χ1n) is 8.42. The molecule has 0 bridgehead atoms. The highest BCUT2D eigenvalue weighted by molar-refractivity contribution is 5.81. The Bertz CT molecular complexity index is 579. The molecular weight excluding hydrogens is 258 g/mol. The third-order valence-corrected chi connectivity index (χ3v) is 5.02. The molecule has 1 saturated carbocycles. The van der Waals surface area contributed by atoms with E-state index >= 15 is 0 Å². The second-order valence-corrected chi connectivity index (χ2v) is 6.56. The molecule has 0 amide bonds. The monoisotopic (exact) mass is 285 g/mol. The predicted molar refractivity (Wildman–Crippen MR) is 88.2 cm³/mol. The van der Waals surface area contributed by atoms with Crippen LogP contribution in [0, 0.1) is 5.92 Å². The summed E-state index contributed by atoms with van der Waals surface area (Å²) in [6.45, 7) is 0. The Morgan fingerprint density at radius 1 is 1.14 bits per heavy atom. The Morgan fingerprint density at radius 2 is 1.81 bits per heavy atom. The number of aromatic nitrogens is 2. The largest absolute Gasteiger partial charge is 0.327 e. The Hall–Kier alpha value is -1.35. The van der Waals surface area contributed by atoms with Crippen molar-refractivity contribution in [2.24, 2.45) is 18.7 Å². The SMILES string of the molecule is Cn1nc(CC(N)C2CCCCCCC2)c2ccccc21. The molecule has 1 aromatic carbocycles. The van der Waals surface area contributed by atoms with Crippen LogP contribution in [0.5, 0.6) is 0 Å². The van der Waals surface area contributed by atoms with Gasteiger partial charge in [0.1, 0.15) is 0 Å². The fourth-order valence-electron chi connectivity index (χ4n) is 3.75. The van der Waals surface area contributed by atoms with E-state index in [0.29, 0.717) is 5.92 Å². The van der Waals surface area contributed by atoms with Gasteiger partial charge in [0.15, 0.2) is 0 Å². The van der Waals surface area contributed by atoms with Gasteiger partial charge >= 0.3 is 0 Å². The molecule has 1 unspecified atom stereocenters. The molecule has 1 fully saturated rings. The summed E-state index contributed by atoms with van der Waals surface area (Å²) in [6, 6.07) is 8.72. The van der Waals surface area contributed by atoms with Gasteiger partial charge in [-0.15, -0.1) is 0 Å². The first kappa shape index (κ1) is 14.6. The van der Waals surface area contributed by atoms with E-state index in [2.05, 4.69) is 24.3 Å². The number of para-hydroxylation sites is 1. The number of benzene rings is 1. The number of nitrogens with two attached hydrogens (primary N) is 1. The second-order valence-electron chi connectivity index (χ2n) is 6.56. The highest BCUT2D eigenvalue weighted by atomic mass is 15.3. The molecule has 0 saturated heterocycles. The van der Waals surface area contributed by atoms with Crippen molar-refractivity contribution in [1.82, 2.24) is 9.78 Å². The van der Waals surface area contributed by atoms with Gasteiger partial charge in [0.25, 0.3) is 0 Å². The predicted octanol–water partition coefficient (Wildman–Crippen LogP) is 3.80. The summed E-state index contributed by atoms with van der Waals surface area (Å²) in [5, 5.41) is 5.97. The summed E-state index contributed by atoms with van der Waals surface area (Å²) in [6.07, 6.45) is 10.4. The van der Waals surface area contributed by atoms with E-state index in [1.165, 1.54) is 61.5 Å². The summed E-state index contributed by atoms with van der Waals surface area (Å²) >= 11 is 0. The van der Waals surface area contributed by atoms with Crippen molar-refractivity contribution < 1.29 is 0 Å². The van der Waals surface area contributed by atoms with Gasteiger partial charge in [-0.2, -0.15) is 5.10 Å². The highest BCUT2D eigenvalue weighted by Gasteiger charge is 2.21. The maximum atomic E-state index is 6.55. The van der Waals surface area contributed by atoms with E-state index in [9.17, 15) is 0 Å². The third-order valence-electron chi connectivity index (χ3n) is 5.02. The molecule has 3 heteroatoms. The zero-order valence-electron chi connectivity index (χ0n) is 13.1. The molecule has 21 heavy (non-hydrogen) atoms.